The lowest BCUT2D eigenvalue weighted by Crippen LogP contribution is -2.50. The van der Waals surface area contributed by atoms with Crippen LogP contribution in [0.25, 0.3) is 0 Å². The fourth-order valence-electron chi connectivity index (χ4n) is 2.87. The predicted octanol–water partition coefficient (Wildman–Crippen LogP) is 4.72. The molecule has 1 fully saturated rings. The summed E-state index contributed by atoms with van der Waals surface area (Å²) in [5.41, 5.74) is 2.56. The van der Waals surface area contributed by atoms with E-state index in [4.69, 9.17) is 35.4 Å². The maximum atomic E-state index is 11.5. The van der Waals surface area contributed by atoms with Crippen molar-refractivity contribution in [2.45, 2.75) is 6.92 Å². The van der Waals surface area contributed by atoms with E-state index in [-0.39, 0.29) is 5.78 Å². The number of nitrogens with zero attached hydrogens (tertiary/aromatic N) is 2. The quantitative estimate of drug-likeness (QED) is 0.588. The summed E-state index contributed by atoms with van der Waals surface area (Å²) in [6.07, 6.45) is 0. The first kappa shape index (κ1) is 19.0. The standard InChI is InChI=1S/C19H19Cl2N3OS/c1-13(25)14-3-2-4-15(11-14)22-19(26)24-9-7-23(8-10-24)16-5-6-17(20)18(21)12-16/h2-6,11-12H,7-10H2,1H3,(H,22,26). The van der Waals surface area contributed by atoms with Crippen LogP contribution in [0, 0.1) is 0 Å². The Morgan fingerprint density at radius 1 is 1.04 bits per heavy atom. The van der Waals surface area contributed by atoms with E-state index in [2.05, 4.69) is 15.1 Å². The Morgan fingerprint density at radius 2 is 1.77 bits per heavy atom. The summed E-state index contributed by atoms with van der Waals surface area (Å²) in [5, 5.41) is 5.02. The van der Waals surface area contributed by atoms with E-state index in [9.17, 15) is 4.79 Å². The lowest BCUT2D eigenvalue weighted by Gasteiger charge is -2.37. The van der Waals surface area contributed by atoms with Crippen LogP contribution >= 0.6 is 35.4 Å². The zero-order chi connectivity index (χ0) is 18.7. The van der Waals surface area contributed by atoms with Crippen molar-refractivity contribution in [1.29, 1.82) is 0 Å². The molecule has 0 aromatic heterocycles. The van der Waals surface area contributed by atoms with Gasteiger partial charge in [-0.2, -0.15) is 0 Å². The Morgan fingerprint density at radius 3 is 2.42 bits per heavy atom. The number of rotatable bonds is 3. The van der Waals surface area contributed by atoms with E-state index in [1.165, 1.54) is 0 Å². The SMILES string of the molecule is CC(=O)c1cccc(NC(=S)N2CCN(c3ccc(Cl)c(Cl)c3)CC2)c1. The van der Waals surface area contributed by atoms with Gasteiger partial charge in [0.1, 0.15) is 0 Å². The van der Waals surface area contributed by atoms with Crippen LogP contribution in [0.4, 0.5) is 11.4 Å². The van der Waals surface area contributed by atoms with Crippen LogP contribution in [0.3, 0.4) is 0 Å². The van der Waals surface area contributed by atoms with E-state index in [1.54, 1.807) is 13.0 Å². The molecular formula is C19H19Cl2N3OS. The maximum Gasteiger partial charge on any atom is 0.173 e. The number of piperazine rings is 1. The highest BCUT2D eigenvalue weighted by Gasteiger charge is 2.20. The van der Waals surface area contributed by atoms with Crippen molar-refractivity contribution in [2.24, 2.45) is 0 Å². The number of ketones is 1. The molecule has 1 aliphatic heterocycles. The second-order valence-corrected chi connectivity index (χ2v) is 7.34. The molecule has 0 unspecified atom stereocenters. The number of anilines is 2. The Balaban J connectivity index is 1.59. The molecule has 0 amide bonds. The van der Waals surface area contributed by atoms with Crippen LogP contribution < -0.4 is 10.2 Å². The van der Waals surface area contributed by atoms with Gasteiger partial charge in [0, 0.05) is 43.1 Å². The second-order valence-electron chi connectivity index (χ2n) is 6.14. The van der Waals surface area contributed by atoms with Gasteiger partial charge in [0.2, 0.25) is 0 Å². The fraction of sp³-hybridized carbons (Fsp3) is 0.263. The number of benzene rings is 2. The third-order valence-corrected chi connectivity index (χ3v) is 5.45. The highest BCUT2D eigenvalue weighted by Crippen LogP contribution is 2.27. The largest absolute Gasteiger partial charge is 0.368 e. The topological polar surface area (TPSA) is 35.6 Å². The molecular weight excluding hydrogens is 389 g/mol. The van der Waals surface area contributed by atoms with E-state index in [0.717, 1.165) is 37.6 Å². The van der Waals surface area contributed by atoms with Crippen LogP contribution in [0.2, 0.25) is 10.0 Å². The van der Waals surface area contributed by atoms with Gasteiger partial charge in [0.05, 0.1) is 10.0 Å². The summed E-state index contributed by atoms with van der Waals surface area (Å²) >= 11 is 17.6. The number of carbonyl (C=O) groups is 1. The highest BCUT2D eigenvalue weighted by molar-refractivity contribution is 7.80. The van der Waals surface area contributed by atoms with Crippen LogP contribution in [0.5, 0.6) is 0 Å². The van der Waals surface area contributed by atoms with Crippen LogP contribution in [-0.4, -0.2) is 42.0 Å². The molecule has 1 saturated heterocycles. The summed E-state index contributed by atoms with van der Waals surface area (Å²) in [6, 6.07) is 13.1. The molecule has 3 rings (SSSR count). The van der Waals surface area contributed by atoms with E-state index < -0.39 is 0 Å². The average molecular weight is 408 g/mol. The molecule has 4 nitrogen and oxygen atoms in total. The minimum Gasteiger partial charge on any atom is -0.368 e. The Bertz CT molecular complexity index is 835. The van der Waals surface area contributed by atoms with Crippen molar-refractivity contribution in [1.82, 2.24) is 4.90 Å². The summed E-state index contributed by atoms with van der Waals surface area (Å²) < 4.78 is 0. The zero-order valence-corrected chi connectivity index (χ0v) is 16.7. The van der Waals surface area contributed by atoms with Gasteiger partial charge >= 0.3 is 0 Å². The molecule has 1 heterocycles. The van der Waals surface area contributed by atoms with Gasteiger partial charge < -0.3 is 15.1 Å². The minimum absolute atomic E-state index is 0.0369. The van der Waals surface area contributed by atoms with E-state index in [0.29, 0.717) is 20.7 Å². The molecule has 0 atom stereocenters. The number of thiocarbonyl (C=S) groups is 1. The molecule has 1 aliphatic rings. The predicted molar refractivity (Wildman–Crippen MR) is 113 cm³/mol. The normalized spacial score (nSPS) is 14.3. The maximum absolute atomic E-state index is 11.5. The van der Waals surface area contributed by atoms with Crippen molar-refractivity contribution >= 4 is 57.7 Å². The summed E-state index contributed by atoms with van der Waals surface area (Å²) in [6.45, 7) is 4.84. The van der Waals surface area contributed by atoms with Crippen molar-refractivity contribution < 1.29 is 4.79 Å². The summed E-state index contributed by atoms with van der Waals surface area (Å²) in [4.78, 5) is 15.9. The van der Waals surface area contributed by atoms with E-state index >= 15 is 0 Å². The molecule has 0 bridgehead atoms. The van der Waals surface area contributed by atoms with Crippen LogP contribution in [-0.2, 0) is 0 Å². The molecule has 0 spiro atoms. The first-order valence-corrected chi connectivity index (χ1v) is 9.47. The molecule has 1 N–H and O–H groups in total. The highest BCUT2D eigenvalue weighted by atomic mass is 35.5. The van der Waals surface area contributed by atoms with Gasteiger partial charge in [-0.15, -0.1) is 0 Å². The summed E-state index contributed by atoms with van der Waals surface area (Å²) in [7, 11) is 0. The number of halogens is 2. The third kappa shape index (κ3) is 4.47. The van der Waals surface area contributed by atoms with Gasteiger partial charge in [0.15, 0.2) is 10.9 Å². The van der Waals surface area contributed by atoms with Gasteiger partial charge in [-0.25, -0.2) is 0 Å². The monoisotopic (exact) mass is 407 g/mol. The van der Waals surface area contributed by atoms with Crippen molar-refractivity contribution in [3.05, 3.63) is 58.1 Å². The number of Topliss-reactive ketones (excluding diaryl/α,β-unsaturated/α-hetero) is 1. The number of carbonyl (C=O) groups excluding carboxylic acids is 1. The molecule has 2 aromatic carbocycles. The van der Waals surface area contributed by atoms with Crippen LogP contribution in [0.1, 0.15) is 17.3 Å². The molecule has 26 heavy (non-hydrogen) atoms. The van der Waals surface area contributed by atoms with Crippen molar-refractivity contribution in [3.63, 3.8) is 0 Å². The average Bonchev–Trinajstić information content (AvgIpc) is 2.64. The lowest BCUT2D eigenvalue weighted by molar-refractivity contribution is 0.101. The first-order chi connectivity index (χ1) is 12.4. The third-order valence-electron chi connectivity index (χ3n) is 4.36. The van der Waals surface area contributed by atoms with Gasteiger partial charge in [-0.1, -0.05) is 35.3 Å². The van der Waals surface area contributed by atoms with Gasteiger partial charge in [-0.05, 0) is 49.5 Å². The summed E-state index contributed by atoms with van der Waals surface area (Å²) in [5.74, 6) is 0.0369. The fourth-order valence-corrected chi connectivity index (χ4v) is 3.46. The minimum atomic E-state index is 0.0369. The number of hydrogen-bond donors (Lipinski definition) is 1. The van der Waals surface area contributed by atoms with Crippen molar-refractivity contribution in [3.8, 4) is 0 Å². The van der Waals surface area contributed by atoms with E-state index in [1.807, 2.05) is 36.4 Å². The molecule has 7 heteroatoms. The van der Waals surface area contributed by atoms with Gasteiger partial charge in [-0.3, -0.25) is 4.79 Å². The van der Waals surface area contributed by atoms with Crippen molar-refractivity contribution in [2.75, 3.05) is 36.4 Å². The number of hydrogen-bond acceptors (Lipinski definition) is 3. The first-order valence-electron chi connectivity index (χ1n) is 8.31. The molecule has 0 radical (unpaired) electrons. The second kappa shape index (κ2) is 8.25. The van der Waals surface area contributed by atoms with Gasteiger partial charge in [0.25, 0.3) is 0 Å². The molecule has 136 valence electrons. The molecule has 2 aromatic rings. The zero-order valence-electron chi connectivity index (χ0n) is 14.3. The lowest BCUT2D eigenvalue weighted by atomic mass is 10.1. The Hall–Kier alpha value is -1.82. The number of nitrogens with one attached hydrogen (secondary N) is 1. The van der Waals surface area contributed by atoms with Crippen LogP contribution in [0.15, 0.2) is 42.5 Å². The molecule has 0 saturated carbocycles. The smallest absolute Gasteiger partial charge is 0.173 e. The molecule has 0 aliphatic carbocycles. The Labute approximate surface area is 168 Å². The Kier molecular flexibility index (Phi) is 6.01.